The predicted octanol–water partition coefficient (Wildman–Crippen LogP) is 1.35. The van der Waals surface area contributed by atoms with E-state index in [1.54, 1.807) is 0 Å². The molecule has 0 bridgehead atoms. The molecule has 18 heavy (non-hydrogen) atoms. The van der Waals surface area contributed by atoms with Gasteiger partial charge in [0.2, 0.25) is 0 Å². The van der Waals surface area contributed by atoms with Gasteiger partial charge in [-0.05, 0) is 19.1 Å². The number of benzene rings is 1. The lowest BCUT2D eigenvalue weighted by atomic mass is 10.3. The van der Waals surface area contributed by atoms with Crippen molar-refractivity contribution < 1.29 is 4.74 Å². The van der Waals surface area contributed by atoms with Gasteiger partial charge in [0, 0.05) is 6.61 Å². The fourth-order valence-electron chi connectivity index (χ4n) is 1.59. The Labute approximate surface area is 105 Å². The Morgan fingerprint density at radius 1 is 1.33 bits per heavy atom. The van der Waals surface area contributed by atoms with E-state index in [2.05, 4.69) is 4.98 Å². The Kier molecular flexibility index (Phi) is 3.74. The predicted molar refractivity (Wildman–Crippen MR) is 69.6 cm³/mol. The third kappa shape index (κ3) is 2.41. The number of para-hydroxylation sites is 1. The van der Waals surface area contributed by atoms with E-state index in [-0.39, 0.29) is 17.9 Å². The van der Waals surface area contributed by atoms with Crippen LogP contribution in [0.5, 0.6) is 0 Å². The summed E-state index contributed by atoms with van der Waals surface area (Å²) < 4.78 is 6.63. The smallest absolute Gasteiger partial charge is 0.281 e. The first kappa shape index (κ1) is 12.3. The van der Waals surface area contributed by atoms with Crippen LogP contribution >= 0.6 is 0 Å². The van der Waals surface area contributed by atoms with Gasteiger partial charge in [-0.2, -0.15) is 0 Å². The van der Waals surface area contributed by atoms with Gasteiger partial charge < -0.3 is 10.5 Å². The Morgan fingerprint density at radius 3 is 2.72 bits per heavy atom. The van der Waals surface area contributed by atoms with Crippen molar-refractivity contribution in [3.63, 3.8) is 0 Å². The molecule has 94 valence electrons. The number of hydrogen-bond acceptors (Lipinski definition) is 4. The summed E-state index contributed by atoms with van der Waals surface area (Å²) in [4.78, 5) is 16.3. The van der Waals surface area contributed by atoms with E-state index in [0.29, 0.717) is 12.3 Å². The molecule has 0 amide bonds. The lowest BCUT2D eigenvalue weighted by Crippen LogP contribution is -2.24. The molecule has 0 saturated carbocycles. The van der Waals surface area contributed by atoms with Gasteiger partial charge in [0.1, 0.15) is 12.0 Å². The maximum Gasteiger partial charge on any atom is 0.281 e. The molecule has 0 aliphatic rings. The standard InChI is InChI=1S/C13H15N3O2/c1-2-18-8-11-12(14)13(17)16(9-15-11)10-6-4-3-5-7-10/h3-7,9H,2,8,14H2,1H3. The number of rotatable bonds is 4. The Balaban J connectivity index is 2.41. The third-order valence-corrected chi connectivity index (χ3v) is 2.57. The van der Waals surface area contributed by atoms with Crippen LogP contribution in [0, 0.1) is 0 Å². The molecule has 5 nitrogen and oxygen atoms in total. The van der Waals surface area contributed by atoms with Gasteiger partial charge in [-0.1, -0.05) is 18.2 Å². The minimum absolute atomic E-state index is 0.134. The fraction of sp³-hybridized carbons (Fsp3) is 0.231. The summed E-state index contributed by atoms with van der Waals surface area (Å²) in [6.45, 7) is 2.69. The maximum atomic E-state index is 12.1. The molecule has 1 aromatic carbocycles. The van der Waals surface area contributed by atoms with E-state index in [0.717, 1.165) is 5.69 Å². The second-order valence-electron chi connectivity index (χ2n) is 3.75. The molecule has 1 aromatic heterocycles. The minimum Gasteiger partial charge on any atom is -0.393 e. The highest BCUT2D eigenvalue weighted by molar-refractivity contribution is 5.43. The zero-order valence-electron chi connectivity index (χ0n) is 10.2. The Hall–Kier alpha value is -2.14. The fourth-order valence-corrected chi connectivity index (χ4v) is 1.59. The summed E-state index contributed by atoms with van der Waals surface area (Å²) >= 11 is 0. The largest absolute Gasteiger partial charge is 0.393 e. The topological polar surface area (TPSA) is 70.1 Å². The van der Waals surface area contributed by atoms with Crippen LogP contribution in [0.15, 0.2) is 41.5 Å². The maximum absolute atomic E-state index is 12.1. The molecule has 0 spiro atoms. The van der Waals surface area contributed by atoms with Crippen LogP contribution in [0.1, 0.15) is 12.6 Å². The van der Waals surface area contributed by atoms with Crippen LogP contribution in [0.3, 0.4) is 0 Å². The molecule has 2 rings (SSSR count). The van der Waals surface area contributed by atoms with E-state index in [1.807, 2.05) is 37.3 Å². The van der Waals surface area contributed by atoms with E-state index < -0.39 is 0 Å². The van der Waals surface area contributed by atoms with Crippen molar-refractivity contribution in [2.24, 2.45) is 0 Å². The average Bonchev–Trinajstić information content (AvgIpc) is 2.41. The molecule has 0 radical (unpaired) electrons. The summed E-state index contributed by atoms with van der Waals surface area (Å²) in [5.41, 5.74) is 6.87. The van der Waals surface area contributed by atoms with Crippen LogP contribution in [0.25, 0.3) is 5.69 Å². The molecule has 0 atom stereocenters. The molecule has 0 fully saturated rings. The van der Waals surface area contributed by atoms with Gasteiger partial charge in [0.15, 0.2) is 0 Å². The van der Waals surface area contributed by atoms with Gasteiger partial charge in [-0.3, -0.25) is 9.36 Å². The van der Waals surface area contributed by atoms with Crippen molar-refractivity contribution in [2.45, 2.75) is 13.5 Å². The summed E-state index contributed by atoms with van der Waals surface area (Å²) in [6, 6.07) is 9.24. The first-order chi connectivity index (χ1) is 8.74. The molecule has 0 aliphatic carbocycles. The van der Waals surface area contributed by atoms with Crippen molar-refractivity contribution >= 4 is 5.69 Å². The molecule has 2 aromatic rings. The van der Waals surface area contributed by atoms with Gasteiger partial charge in [0.25, 0.3) is 5.56 Å². The lowest BCUT2D eigenvalue weighted by Gasteiger charge is -2.09. The van der Waals surface area contributed by atoms with Crippen LogP contribution in [-0.2, 0) is 11.3 Å². The van der Waals surface area contributed by atoms with Crippen LogP contribution in [0.2, 0.25) is 0 Å². The van der Waals surface area contributed by atoms with Crippen LogP contribution < -0.4 is 11.3 Å². The number of nitrogens with two attached hydrogens (primary N) is 1. The zero-order valence-corrected chi connectivity index (χ0v) is 10.2. The zero-order chi connectivity index (χ0) is 13.0. The summed E-state index contributed by atoms with van der Waals surface area (Å²) in [5.74, 6) is 0. The minimum atomic E-state index is -0.272. The second kappa shape index (κ2) is 5.46. The SMILES string of the molecule is CCOCc1ncn(-c2ccccc2)c(=O)c1N. The second-order valence-corrected chi connectivity index (χ2v) is 3.75. The van der Waals surface area contributed by atoms with Crippen molar-refractivity contribution in [1.82, 2.24) is 9.55 Å². The lowest BCUT2D eigenvalue weighted by molar-refractivity contribution is 0.131. The van der Waals surface area contributed by atoms with Crippen molar-refractivity contribution in [3.8, 4) is 5.69 Å². The number of ether oxygens (including phenoxy) is 1. The highest BCUT2D eigenvalue weighted by atomic mass is 16.5. The van der Waals surface area contributed by atoms with Crippen molar-refractivity contribution in [3.05, 3.63) is 52.7 Å². The van der Waals surface area contributed by atoms with E-state index >= 15 is 0 Å². The number of nitrogens with zero attached hydrogens (tertiary/aromatic N) is 2. The highest BCUT2D eigenvalue weighted by Gasteiger charge is 2.09. The van der Waals surface area contributed by atoms with Crippen molar-refractivity contribution in [2.75, 3.05) is 12.3 Å². The highest BCUT2D eigenvalue weighted by Crippen LogP contribution is 2.08. The number of hydrogen-bond donors (Lipinski definition) is 1. The average molecular weight is 245 g/mol. The van der Waals surface area contributed by atoms with Gasteiger partial charge in [-0.25, -0.2) is 4.98 Å². The van der Waals surface area contributed by atoms with Crippen molar-refractivity contribution in [1.29, 1.82) is 0 Å². The van der Waals surface area contributed by atoms with Gasteiger partial charge in [0.05, 0.1) is 18.0 Å². The first-order valence-electron chi connectivity index (χ1n) is 5.73. The first-order valence-corrected chi connectivity index (χ1v) is 5.73. The molecule has 0 unspecified atom stereocenters. The van der Waals surface area contributed by atoms with E-state index in [4.69, 9.17) is 10.5 Å². The summed E-state index contributed by atoms with van der Waals surface area (Å²) in [6.07, 6.45) is 1.47. The normalized spacial score (nSPS) is 10.5. The Morgan fingerprint density at radius 2 is 2.06 bits per heavy atom. The quantitative estimate of drug-likeness (QED) is 0.882. The summed E-state index contributed by atoms with van der Waals surface area (Å²) in [5, 5.41) is 0. The van der Waals surface area contributed by atoms with Gasteiger partial charge >= 0.3 is 0 Å². The van der Waals surface area contributed by atoms with E-state index in [9.17, 15) is 4.79 Å². The molecule has 5 heteroatoms. The van der Waals surface area contributed by atoms with Crippen LogP contribution in [-0.4, -0.2) is 16.2 Å². The monoisotopic (exact) mass is 245 g/mol. The van der Waals surface area contributed by atoms with Gasteiger partial charge in [-0.15, -0.1) is 0 Å². The molecule has 0 saturated heterocycles. The molecule has 0 aliphatic heterocycles. The third-order valence-electron chi connectivity index (χ3n) is 2.57. The summed E-state index contributed by atoms with van der Waals surface area (Å²) in [7, 11) is 0. The number of aromatic nitrogens is 2. The molecular formula is C13H15N3O2. The molecule has 1 heterocycles. The van der Waals surface area contributed by atoms with Crippen LogP contribution in [0.4, 0.5) is 5.69 Å². The van der Waals surface area contributed by atoms with E-state index in [1.165, 1.54) is 10.9 Å². The Bertz CT molecular complexity index is 579. The number of nitrogen functional groups attached to an aromatic ring is 1. The number of anilines is 1. The molecular weight excluding hydrogens is 230 g/mol. The molecule has 2 N–H and O–H groups in total.